The number of carbonyl (C=O) groups excluding carboxylic acids is 3. The summed E-state index contributed by atoms with van der Waals surface area (Å²) in [5, 5.41) is 6.03. The zero-order valence-electron chi connectivity index (χ0n) is 16.1. The first-order chi connectivity index (χ1) is 13.8. The van der Waals surface area contributed by atoms with Crippen molar-refractivity contribution in [3.8, 4) is 0 Å². The number of rotatable bonds is 8. The Morgan fingerprint density at radius 1 is 0.897 bits per heavy atom. The SMILES string of the molecule is COC(=O)[C@@H](Cc1c(Cl)cccc1Cl)NC(=O)[C@@H](Cc1ccccc1)NC(C)=O. The Bertz CT molecular complexity index is 854. The van der Waals surface area contributed by atoms with E-state index in [1.54, 1.807) is 18.2 Å². The molecule has 29 heavy (non-hydrogen) atoms. The third-order valence-electron chi connectivity index (χ3n) is 4.25. The molecule has 6 nitrogen and oxygen atoms in total. The van der Waals surface area contributed by atoms with E-state index in [2.05, 4.69) is 10.6 Å². The second-order valence-electron chi connectivity index (χ2n) is 6.43. The number of hydrogen-bond donors (Lipinski definition) is 2. The maximum absolute atomic E-state index is 12.9. The summed E-state index contributed by atoms with van der Waals surface area (Å²) in [7, 11) is 1.23. The summed E-state index contributed by atoms with van der Waals surface area (Å²) >= 11 is 12.4. The molecule has 0 bridgehead atoms. The number of halogens is 2. The van der Waals surface area contributed by atoms with E-state index in [1.165, 1.54) is 14.0 Å². The van der Waals surface area contributed by atoms with Crippen molar-refractivity contribution in [1.29, 1.82) is 0 Å². The molecule has 2 rings (SSSR count). The van der Waals surface area contributed by atoms with Crippen LogP contribution in [-0.2, 0) is 32.0 Å². The summed E-state index contributed by atoms with van der Waals surface area (Å²) in [5.41, 5.74) is 1.39. The van der Waals surface area contributed by atoms with Gasteiger partial charge in [-0.05, 0) is 23.3 Å². The van der Waals surface area contributed by atoms with Crippen LogP contribution in [0.25, 0.3) is 0 Å². The molecule has 0 aromatic heterocycles. The first kappa shape index (κ1) is 22.7. The minimum atomic E-state index is -1.02. The predicted octanol–water partition coefficient (Wildman–Crippen LogP) is 2.94. The average Bonchev–Trinajstić information content (AvgIpc) is 2.69. The Kier molecular flexibility index (Phi) is 8.49. The number of methoxy groups -OCH3 is 1. The molecule has 0 fully saturated rings. The highest BCUT2D eigenvalue weighted by Crippen LogP contribution is 2.25. The lowest BCUT2D eigenvalue weighted by molar-refractivity contribution is -0.145. The van der Waals surface area contributed by atoms with Gasteiger partial charge in [0.05, 0.1) is 7.11 Å². The molecule has 8 heteroatoms. The van der Waals surface area contributed by atoms with E-state index in [0.29, 0.717) is 15.6 Å². The van der Waals surface area contributed by atoms with Crippen molar-refractivity contribution >= 4 is 41.0 Å². The number of nitrogens with one attached hydrogen (secondary N) is 2. The summed E-state index contributed by atoms with van der Waals surface area (Å²) in [5.74, 6) is -1.51. The molecule has 2 atom stereocenters. The molecule has 0 spiro atoms. The lowest BCUT2D eigenvalue weighted by Crippen LogP contribution is -2.53. The summed E-state index contributed by atoms with van der Waals surface area (Å²) in [6, 6.07) is 12.4. The largest absolute Gasteiger partial charge is 0.467 e. The van der Waals surface area contributed by atoms with Gasteiger partial charge in [0.2, 0.25) is 11.8 Å². The maximum atomic E-state index is 12.9. The smallest absolute Gasteiger partial charge is 0.328 e. The summed E-state index contributed by atoms with van der Waals surface area (Å²) in [6.45, 7) is 1.33. The molecular formula is C21H22Cl2N2O4. The molecule has 0 aliphatic carbocycles. The van der Waals surface area contributed by atoms with Crippen molar-refractivity contribution in [1.82, 2.24) is 10.6 Å². The molecule has 2 amide bonds. The fourth-order valence-electron chi connectivity index (χ4n) is 2.84. The van der Waals surface area contributed by atoms with Gasteiger partial charge < -0.3 is 15.4 Å². The van der Waals surface area contributed by atoms with Crippen molar-refractivity contribution < 1.29 is 19.1 Å². The van der Waals surface area contributed by atoms with Crippen molar-refractivity contribution in [2.45, 2.75) is 31.8 Å². The molecular weight excluding hydrogens is 415 g/mol. The minimum Gasteiger partial charge on any atom is -0.467 e. The predicted molar refractivity (Wildman–Crippen MR) is 112 cm³/mol. The van der Waals surface area contributed by atoms with Crippen LogP contribution >= 0.6 is 23.2 Å². The third-order valence-corrected chi connectivity index (χ3v) is 4.96. The highest BCUT2D eigenvalue weighted by Gasteiger charge is 2.28. The van der Waals surface area contributed by atoms with E-state index in [9.17, 15) is 14.4 Å². The molecule has 2 aromatic rings. The summed E-state index contributed by atoms with van der Waals surface area (Å²) in [6.07, 6.45) is 0.321. The van der Waals surface area contributed by atoms with Crippen LogP contribution in [0.4, 0.5) is 0 Å². The van der Waals surface area contributed by atoms with Crippen molar-refractivity contribution in [2.75, 3.05) is 7.11 Å². The molecule has 2 N–H and O–H groups in total. The molecule has 0 aliphatic rings. The van der Waals surface area contributed by atoms with Gasteiger partial charge in [-0.3, -0.25) is 9.59 Å². The van der Waals surface area contributed by atoms with Gasteiger partial charge in [0.1, 0.15) is 12.1 Å². The second kappa shape index (κ2) is 10.8. The monoisotopic (exact) mass is 436 g/mol. The van der Waals surface area contributed by atoms with Gasteiger partial charge >= 0.3 is 5.97 Å². The van der Waals surface area contributed by atoms with Crippen LogP contribution in [0, 0.1) is 0 Å². The molecule has 0 unspecified atom stereocenters. The van der Waals surface area contributed by atoms with Crippen molar-refractivity contribution in [3.05, 3.63) is 69.7 Å². The Labute approximate surface area is 179 Å². The normalized spacial score (nSPS) is 12.6. The van der Waals surface area contributed by atoms with Crippen molar-refractivity contribution in [3.63, 3.8) is 0 Å². The molecule has 154 valence electrons. The van der Waals surface area contributed by atoms with E-state index in [4.69, 9.17) is 27.9 Å². The number of benzene rings is 2. The molecule has 0 aliphatic heterocycles. The Morgan fingerprint density at radius 3 is 2.07 bits per heavy atom. The van der Waals surface area contributed by atoms with Crippen LogP contribution in [0.5, 0.6) is 0 Å². The molecule has 0 radical (unpaired) electrons. The standard InChI is InChI=1S/C21H22Cl2N2O4/c1-13(26)24-18(11-14-7-4-3-5-8-14)20(27)25-19(21(28)29-2)12-15-16(22)9-6-10-17(15)23/h3-10,18-19H,11-12H2,1-2H3,(H,24,26)(H,25,27)/t18-,19-/m1/s1. The van der Waals surface area contributed by atoms with Gasteiger partial charge in [-0.15, -0.1) is 0 Å². The van der Waals surface area contributed by atoms with Crippen molar-refractivity contribution in [2.24, 2.45) is 0 Å². The fourth-order valence-corrected chi connectivity index (χ4v) is 3.40. The van der Waals surface area contributed by atoms with Gasteiger partial charge in [-0.1, -0.05) is 59.6 Å². The number of amides is 2. The quantitative estimate of drug-likeness (QED) is 0.622. The fraction of sp³-hybridized carbons (Fsp3) is 0.286. The van der Waals surface area contributed by atoms with E-state index in [0.717, 1.165) is 5.56 Å². The van der Waals surface area contributed by atoms with E-state index >= 15 is 0 Å². The Balaban J connectivity index is 2.21. The van der Waals surface area contributed by atoms with Crippen LogP contribution < -0.4 is 10.6 Å². The third kappa shape index (κ3) is 6.76. The van der Waals surface area contributed by atoms with Gasteiger partial charge in [-0.2, -0.15) is 0 Å². The zero-order valence-corrected chi connectivity index (χ0v) is 17.6. The minimum absolute atomic E-state index is 0.0506. The average molecular weight is 437 g/mol. The molecule has 0 heterocycles. The van der Waals surface area contributed by atoms with Crippen LogP contribution in [0.1, 0.15) is 18.1 Å². The van der Waals surface area contributed by atoms with Crippen LogP contribution in [0.2, 0.25) is 10.0 Å². The number of hydrogen-bond acceptors (Lipinski definition) is 4. The number of ether oxygens (including phenoxy) is 1. The number of carbonyl (C=O) groups is 3. The van der Waals surface area contributed by atoms with Gasteiger partial charge in [-0.25, -0.2) is 4.79 Å². The zero-order chi connectivity index (χ0) is 21.4. The van der Waals surface area contributed by atoms with Crippen LogP contribution in [-0.4, -0.2) is 37.0 Å². The molecule has 0 saturated heterocycles. The highest BCUT2D eigenvalue weighted by molar-refractivity contribution is 6.36. The van der Waals surface area contributed by atoms with Gasteiger partial charge in [0.15, 0.2) is 0 Å². The molecule has 0 saturated carbocycles. The topological polar surface area (TPSA) is 84.5 Å². The summed E-state index contributed by atoms with van der Waals surface area (Å²) in [4.78, 5) is 36.7. The number of esters is 1. The lowest BCUT2D eigenvalue weighted by Gasteiger charge is -2.22. The highest BCUT2D eigenvalue weighted by atomic mass is 35.5. The van der Waals surface area contributed by atoms with E-state index in [-0.39, 0.29) is 18.7 Å². The first-order valence-electron chi connectivity index (χ1n) is 8.94. The van der Waals surface area contributed by atoms with Gasteiger partial charge in [0.25, 0.3) is 0 Å². The maximum Gasteiger partial charge on any atom is 0.328 e. The first-order valence-corrected chi connectivity index (χ1v) is 9.69. The van der Waals surface area contributed by atoms with Crippen LogP contribution in [0.15, 0.2) is 48.5 Å². The van der Waals surface area contributed by atoms with Crippen LogP contribution in [0.3, 0.4) is 0 Å². The van der Waals surface area contributed by atoms with E-state index < -0.39 is 24.0 Å². The van der Waals surface area contributed by atoms with E-state index in [1.807, 2.05) is 30.3 Å². The van der Waals surface area contributed by atoms with Gasteiger partial charge in [0, 0.05) is 29.8 Å². The summed E-state index contributed by atoms with van der Waals surface area (Å²) < 4.78 is 4.82. The molecule has 2 aromatic carbocycles. The Hall–Kier alpha value is -2.57. The Morgan fingerprint density at radius 2 is 1.52 bits per heavy atom. The second-order valence-corrected chi connectivity index (χ2v) is 7.25. The lowest BCUT2D eigenvalue weighted by atomic mass is 10.0.